The summed E-state index contributed by atoms with van der Waals surface area (Å²) in [5, 5.41) is 0.992. The highest BCUT2D eigenvalue weighted by atomic mass is 32.2. The van der Waals surface area contributed by atoms with E-state index in [4.69, 9.17) is 0 Å². The number of hydrogen-bond acceptors (Lipinski definition) is 6. The lowest BCUT2D eigenvalue weighted by Crippen LogP contribution is -2.38. The van der Waals surface area contributed by atoms with Crippen LogP contribution in [0, 0.1) is 5.92 Å². The molecule has 108 valence electrons. The molecule has 1 aliphatic heterocycles. The lowest BCUT2D eigenvalue weighted by atomic mass is 9.97. The number of anilines is 1. The van der Waals surface area contributed by atoms with Gasteiger partial charge in [0.15, 0.2) is 0 Å². The second-order valence-corrected chi connectivity index (χ2v) is 7.46. The quantitative estimate of drug-likeness (QED) is 0.873. The van der Waals surface area contributed by atoms with E-state index in [0.717, 1.165) is 43.3 Å². The van der Waals surface area contributed by atoms with E-state index in [9.17, 15) is 8.42 Å². The van der Waals surface area contributed by atoms with Crippen molar-refractivity contribution in [1.29, 1.82) is 0 Å². The molecule has 1 fully saturated rings. The van der Waals surface area contributed by atoms with E-state index < -0.39 is 10.0 Å². The molecule has 1 aromatic heterocycles. The standard InChI is InChI=1S/C11H20N4O2S2/c1-3-10-13-11(18-14-10)15-6-4-9(5-7-15)8-12-19(2,16)17/h9,12H,3-8H2,1-2H3. The van der Waals surface area contributed by atoms with Crippen LogP contribution in [0.4, 0.5) is 5.13 Å². The fourth-order valence-electron chi connectivity index (χ4n) is 2.11. The Morgan fingerprint density at radius 1 is 1.42 bits per heavy atom. The van der Waals surface area contributed by atoms with Crippen molar-refractivity contribution in [1.82, 2.24) is 14.1 Å². The highest BCUT2D eigenvalue weighted by Crippen LogP contribution is 2.24. The summed E-state index contributed by atoms with van der Waals surface area (Å²) in [5.74, 6) is 1.32. The van der Waals surface area contributed by atoms with Crippen molar-refractivity contribution in [3.63, 3.8) is 0 Å². The zero-order valence-electron chi connectivity index (χ0n) is 11.3. The second kappa shape index (κ2) is 6.15. The molecule has 2 rings (SSSR count). The first-order chi connectivity index (χ1) is 8.98. The fraction of sp³-hybridized carbons (Fsp3) is 0.818. The monoisotopic (exact) mass is 304 g/mol. The SMILES string of the molecule is CCc1nsc(N2CCC(CNS(C)(=O)=O)CC2)n1. The van der Waals surface area contributed by atoms with Gasteiger partial charge in [0.25, 0.3) is 0 Å². The van der Waals surface area contributed by atoms with E-state index in [-0.39, 0.29) is 0 Å². The summed E-state index contributed by atoms with van der Waals surface area (Å²) in [4.78, 5) is 6.73. The number of sulfonamides is 1. The van der Waals surface area contributed by atoms with Gasteiger partial charge < -0.3 is 4.90 Å². The maximum absolute atomic E-state index is 11.1. The third-order valence-electron chi connectivity index (χ3n) is 3.29. The maximum Gasteiger partial charge on any atom is 0.208 e. The molecule has 0 radical (unpaired) electrons. The predicted octanol–water partition coefficient (Wildman–Crippen LogP) is 0.866. The van der Waals surface area contributed by atoms with Gasteiger partial charge in [0.1, 0.15) is 5.82 Å². The number of nitrogens with one attached hydrogen (secondary N) is 1. The summed E-state index contributed by atoms with van der Waals surface area (Å²) in [6.45, 7) is 4.45. The Labute approximate surface area is 118 Å². The van der Waals surface area contributed by atoms with Crippen molar-refractivity contribution in [2.75, 3.05) is 30.8 Å². The molecule has 0 atom stereocenters. The molecule has 19 heavy (non-hydrogen) atoms. The third kappa shape index (κ3) is 4.39. The topological polar surface area (TPSA) is 75.2 Å². The summed E-state index contributed by atoms with van der Waals surface area (Å²) >= 11 is 1.45. The Morgan fingerprint density at radius 3 is 2.63 bits per heavy atom. The fourth-order valence-corrected chi connectivity index (χ4v) is 3.45. The first kappa shape index (κ1) is 14.7. The van der Waals surface area contributed by atoms with Crippen LogP contribution >= 0.6 is 11.5 Å². The molecule has 0 spiro atoms. The van der Waals surface area contributed by atoms with Crippen LogP contribution < -0.4 is 9.62 Å². The largest absolute Gasteiger partial charge is 0.347 e. The van der Waals surface area contributed by atoms with E-state index in [2.05, 4.69) is 25.9 Å². The Hall–Kier alpha value is -0.730. The molecule has 1 saturated heterocycles. The van der Waals surface area contributed by atoms with Crippen molar-refractivity contribution >= 4 is 26.7 Å². The van der Waals surface area contributed by atoms with Crippen LogP contribution in [-0.4, -0.2) is 43.7 Å². The van der Waals surface area contributed by atoms with Crippen molar-refractivity contribution in [3.8, 4) is 0 Å². The van der Waals surface area contributed by atoms with Crippen LogP contribution in [0.2, 0.25) is 0 Å². The van der Waals surface area contributed by atoms with Crippen LogP contribution in [0.3, 0.4) is 0 Å². The molecule has 0 bridgehead atoms. The second-order valence-electron chi connectivity index (χ2n) is 4.90. The molecule has 2 heterocycles. The summed E-state index contributed by atoms with van der Waals surface area (Å²) in [7, 11) is -3.07. The lowest BCUT2D eigenvalue weighted by Gasteiger charge is -2.31. The third-order valence-corrected chi connectivity index (χ3v) is 4.80. The lowest BCUT2D eigenvalue weighted by molar-refractivity contribution is 0.402. The molecule has 0 amide bonds. The molecule has 6 nitrogen and oxygen atoms in total. The Kier molecular flexibility index (Phi) is 4.75. The van der Waals surface area contributed by atoms with Crippen LogP contribution in [0.5, 0.6) is 0 Å². The van der Waals surface area contributed by atoms with Gasteiger partial charge in [0.2, 0.25) is 15.2 Å². The van der Waals surface area contributed by atoms with Crippen LogP contribution in [0.25, 0.3) is 0 Å². The number of aromatic nitrogens is 2. The number of aryl methyl sites for hydroxylation is 1. The average Bonchev–Trinajstić information content (AvgIpc) is 2.85. The molecular weight excluding hydrogens is 284 g/mol. The minimum Gasteiger partial charge on any atom is -0.347 e. The first-order valence-corrected chi connectivity index (χ1v) is 9.16. The van der Waals surface area contributed by atoms with E-state index in [1.54, 1.807) is 0 Å². The van der Waals surface area contributed by atoms with Crippen molar-refractivity contribution in [2.24, 2.45) is 5.92 Å². The van der Waals surface area contributed by atoms with Gasteiger partial charge in [-0.15, -0.1) is 0 Å². The van der Waals surface area contributed by atoms with E-state index in [0.29, 0.717) is 12.5 Å². The molecule has 8 heteroatoms. The molecule has 0 saturated carbocycles. The molecule has 1 aromatic rings. The number of nitrogens with zero attached hydrogens (tertiary/aromatic N) is 3. The highest BCUT2D eigenvalue weighted by molar-refractivity contribution is 7.88. The summed E-state index contributed by atoms with van der Waals surface area (Å²) in [6, 6.07) is 0. The summed E-state index contributed by atoms with van der Waals surface area (Å²) < 4.78 is 29.0. The van der Waals surface area contributed by atoms with Crippen molar-refractivity contribution in [2.45, 2.75) is 26.2 Å². The molecule has 0 aliphatic carbocycles. The van der Waals surface area contributed by atoms with Crippen LogP contribution in [-0.2, 0) is 16.4 Å². The number of piperidine rings is 1. The van der Waals surface area contributed by atoms with E-state index >= 15 is 0 Å². The van der Waals surface area contributed by atoms with E-state index in [1.165, 1.54) is 17.8 Å². The predicted molar refractivity (Wildman–Crippen MR) is 77.1 cm³/mol. The van der Waals surface area contributed by atoms with Gasteiger partial charge in [-0.1, -0.05) is 6.92 Å². The normalized spacial score (nSPS) is 17.9. The van der Waals surface area contributed by atoms with Gasteiger partial charge in [-0.05, 0) is 18.8 Å². The Morgan fingerprint density at radius 2 is 2.11 bits per heavy atom. The van der Waals surface area contributed by atoms with Gasteiger partial charge in [-0.2, -0.15) is 4.37 Å². The number of rotatable bonds is 5. The molecule has 1 aliphatic rings. The molecule has 0 unspecified atom stereocenters. The average molecular weight is 304 g/mol. The number of hydrogen-bond donors (Lipinski definition) is 1. The Bertz CT molecular complexity index is 507. The zero-order chi connectivity index (χ0) is 13.9. The zero-order valence-corrected chi connectivity index (χ0v) is 12.9. The van der Waals surface area contributed by atoms with Crippen LogP contribution in [0.1, 0.15) is 25.6 Å². The summed E-state index contributed by atoms with van der Waals surface area (Å²) in [6.07, 6.45) is 4.05. The summed E-state index contributed by atoms with van der Waals surface area (Å²) in [5.41, 5.74) is 0. The van der Waals surface area contributed by atoms with Gasteiger partial charge >= 0.3 is 0 Å². The van der Waals surface area contributed by atoms with Gasteiger partial charge in [0, 0.05) is 37.6 Å². The van der Waals surface area contributed by atoms with Gasteiger partial charge in [0.05, 0.1) is 6.26 Å². The molecular formula is C11H20N4O2S2. The van der Waals surface area contributed by atoms with Crippen molar-refractivity contribution < 1.29 is 8.42 Å². The first-order valence-electron chi connectivity index (χ1n) is 6.50. The van der Waals surface area contributed by atoms with Gasteiger partial charge in [-0.3, -0.25) is 0 Å². The highest BCUT2D eigenvalue weighted by Gasteiger charge is 2.22. The minimum absolute atomic E-state index is 0.421. The van der Waals surface area contributed by atoms with E-state index in [1.807, 2.05) is 0 Å². The maximum atomic E-state index is 11.1. The molecule has 0 aromatic carbocycles. The smallest absolute Gasteiger partial charge is 0.208 e. The van der Waals surface area contributed by atoms with Crippen LogP contribution in [0.15, 0.2) is 0 Å². The van der Waals surface area contributed by atoms with Crippen molar-refractivity contribution in [3.05, 3.63) is 5.82 Å². The Balaban J connectivity index is 1.82. The minimum atomic E-state index is -3.07. The van der Waals surface area contributed by atoms with Gasteiger partial charge in [-0.25, -0.2) is 18.1 Å². The molecule has 1 N–H and O–H groups in total.